The SMILES string of the molecule is Cc1cc(OCc2ccccc2)c(C(=O)Cc2ccnnc2)cc1-c1cnn(C)c1. The molecule has 150 valence electrons. The average molecular weight is 398 g/mol. The Morgan fingerprint density at radius 3 is 2.57 bits per heavy atom. The fourth-order valence-corrected chi connectivity index (χ4v) is 3.33. The Bertz CT molecular complexity index is 1150. The molecule has 4 aromatic rings. The molecule has 0 bridgehead atoms. The molecule has 0 amide bonds. The summed E-state index contributed by atoms with van der Waals surface area (Å²) in [6, 6.07) is 15.5. The molecule has 30 heavy (non-hydrogen) atoms. The van der Waals surface area contributed by atoms with Gasteiger partial charge in [-0.15, -0.1) is 0 Å². The van der Waals surface area contributed by atoms with Crippen LogP contribution in [0.4, 0.5) is 0 Å². The van der Waals surface area contributed by atoms with Crippen LogP contribution in [0.3, 0.4) is 0 Å². The zero-order valence-corrected chi connectivity index (χ0v) is 16.9. The summed E-state index contributed by atoms with van der Waals surface area (Å²) in [6.45, 7) is 2.41. The van der Waals surface area contributed by atoms with E-state index in [1.165, 1.54) is 0 Å². The fraction of sp³-hybridized carbons (Fsp3) is 0.167. The highest BCUT2D eigenvalue weighted by Gasteiger charge is 2.18. The van der Waals surface area contributed by atoms with Crippen LogP contribution < -0.4 is 4.74 Å². The number of carbonyl (C=O) groups excluding carboxylic acids is 1. The van der Waals surface area contributed by atoms with E-state index in [9.17, 15) is 4.79 Å². The van der Waals surface area contributed by atoms with Crippen LogP contribution in [0.15, 0.2) is 73.3 Å². The molecule has 0 aliphatic carbocycles. The third kappa shape index (κ3) is 4.43. The highest BCUT2D eigenvalue weighted by atomic mass is 16.5. The lowest BCUT2D eigenvalue weighted by Crippen LogP contribution is -2.08. The molecule has 0 fully saturated rings. The molecule has 0 unspecified atom stereocenters. The molecule has 0 radical (unpaired) electrons. The largest absolute Gasteiger partial charge is 0.488 e. The summed E-state index contributed by atoms with van der Waals surface area (Å²) in [5.74, 6) is 0.548. The summed E-state index contributed by atoms with van der Waals surface area (Å²) in [5.41, 5.74) is 5.35. The van der Waals surface area contributed by atoms with Crippen molar-refractivity contribution in [2.75, 3.05) is 0 Å². The van der Waals surface area contributed by atoms with Crippen LogP contribution in [0.2, 0.25) is 0 Å². The molecule has 4 rings (SSSR count). The van der Waals surface area contributed by atoms with E-state index in [4.69, 9.17) is 4.74 Å². The van der Waals surface area contributed by atoms with Gasteiger partial charge in [-0.2, -0.15) is 15.3 Å². The van der Waals surface area contributed by atoms with Crippen LogP contribution in [0.25, 0.3) is 11.1 Å². The molecule has 0 N–H and O–H groups in total. The maximum Gasteiger partial charge on any atom is 0.171 e. The number of carbonyl (C=O) groups is 1. The van der Waals surface area contributed by atoms with Crippen molar-refractivity contribution in [2.24, 2.45) is 7.05 Å². The predicted molar refractivity (Wildman–Crippen MR) is 114 cm³/mol. The molecular weight excluding hydrogens is 376 g/mol. The van der Waals surface area contributed by atoms with Gasteiger partial charge in [-0.25, -0.2) is 0 Å². The summed E-state index contributed by atoms with van der Waals surface area (Å²) in [4.78, 5) is 13.2. The second-order valence-electron chi connectivity index (χ2n) is 7.19. The van der Waals surface area contributed by atoms with Gasteiger partial charge in [0, 0.05) is 31.4 Å². The van der Waals surface area contributed by atoms with E-state index < -0.39 is 0 Å². The molecule has 0 aliphatic rings. The minimum atomic E-state index is -0.0313. The molecule has 2 aromatic heterocycles. The molecule has 0 atom stereocenters. The minimum absolute atomic E-state index is 0.0313. The number of nitrogens with zero attached hydrogens (tertiary/aromatic N) is 4. The van der Waals surface area contributed by atoms with E-state index in [0.717, 1.165) is 27.8 Å². The summed E-state index contributed by atoms with van der Waals surface area (Å²) in [5, 5.41) is 11.9. The van der Waals surface area contributed by atoms with Crippen LogP contribution in [0.5, 0.6) is 5.75 Å². The first kappa shape index (κ1) is 19.5. The quantitative estimate of drug-likeness (QED) is 0.437. The van der Waals surface area contributed by atoms with E-state index in [1.807, 2.05) is 62.6 Å². The first-order valence-electron chi connectivity index (χ1n) is 9.69. The lowest BCUT2D eigenvalue weighted by molar-refractivity contribution is 0.0988. The first-order chi connectivity index (χ1) is 14.6. The Balaban J connectivity index is 1.69. The smallest absolute Gasteiger partial charge is 0.171 e. The highest BCUT2D eigenvalue weighted by molar-refractivity contribution is 6.01. The van der Waals surface area contributed by atoms with Crippen LogP contribution in [0, 0.1) is 6.92 Å². The molecule has 6 nitrogen and oxygen atoms in total. The van der Waals surface area contributed by atoms with Crippen LogP contribution in [-0.4, -0.2) is 25.8 Å². The maximum absolute atomic E-state index is 13.2. The predicted octanol–water partition coefficient (Wildman–Crippen LogP) is 4.19. The normalized spacial score (nSPS) is 10.7. The Hall–Kier alpha value is -3.80. The number of ether oxygens (including phenoxy) is 1. The van der Waals surface area contributed by atoms with Gasteiger partial charge >= 0.3 is 0 Å². The van der Waals surface area contributed by atoms with Crippen molar-refractivity contribution in [2.45, 2.75) is 20.0 Å². The monoisotopic (exact) mass is 398 g/mol. The van der Waals surface area contributed by atoms with Gasteiger partial charge in [-0.05, 0) is 47.4 Å². The topological polar surface area (TPSA) is 69.9 Å². The number of hydrogen-bond acceptors (Lipinski definition) is 5. The molecule has 6 heteroatoms. The van der Waals surface area contributed by atoms with Crippen LogP contribution in [0.1, 0.15) is 27.0 Å². The molecule has 2 aromatic carbocycles. The van der Waals surface area contributed by atoms with Gasteiger partial charge in [-0.3, -0.25) is 9.48 Å². The number of aryl methyl sites for hydroxylation is 2. The minimum Gasteiger partial charge on any atom is -0.488 e. The van der Waals surface area contributed by atoms with Crippen molar-refractivity contribution < 1.29 is 9.53 Å². The number of Topliss-reactive ketones (excluding diaryl/α,β-unsaturated/α-hetero) is 1. The fourth-order valence-electron chi connectivity index (χ4n) is 3.33. The second-order valence-corrected chi connectivity index (χ2v) is 7.19. The van der Waals surface area contributed by atoms with E-state index in [1.54, 1.807) is 29.3 Å². The van der Waals surface area contributed by atoms with E-state index in [2.05, 4.69) is 15.3 Å². The van der Waals surface area contributed by atoms with Crippen molar-refractivity contribution in [3.8, 4) is 16.9 Å². The van der Waals surface area contributed by atoms with Gasteiger partial charge in [0.15, 0.2) is 5.78 Å². The zero-order valence-electron chi connectivity index (χ0n) is 16.9. The summed E-state index contributed by atoms with van der Waals surface area (Å²) in [7, 11) is 1.87. The maximum atomic E-state index is 13.2. The lowest BCUT2D eigenvalue weighted by Gasteiger charge is -2.15. The summed E-state index contributed by atoms with van der Waals surface area (Å²) in [6.07, 6.45) is 7.17. The summed E-state index contributed by atoms with van der Waals surface area (Å²) >= 11 is 0. The molecule has 0 saturated heterocycles. The van der Waals surface area contributed by atoms with Crippen LogP contribution >= 0.6 is 0 Å². The first-order valence-corrected chi connectivity index (χ1v) is 9.69. The third-order valence-electron chi connectivity index (χ3n) is 4.89. The zero-order chi connectivity index (χ0) is 20.9. The van der Waals surface area contributed by atoms with Crippen molar-refractivity contribution in [3.63, 3.8) is 0 Å². The van der Waals surface area contributed by atoms with Gasteiger partial charge in [-0.1, -0.05) is 30.3 Å². The van der Waals surface area contributed by atoms with Gasteiger partial charge in [0.25, 0.3) is 0 Å². The van der Waals surface area contributed by atoms with E-state index in [-0.39, 0.29) is 12.2 Å². The van der Waals surface area contributed by atoms with Crippen molar-refractivity contribution in [1.29, 1.82) is 0 Å². The lowest BCUT2D eigenvalue weighted by atomic mass is 9.95. The third-order valence-corrected chi connectivity index (χ3v) is 4.89. The molecule has 0 spiro atoms. The standard InChI is InChI=1S/C24H22N4O2/c1-17-10-24(30-16-18-6-4-3-5-7-18)22(12-21(17)20-14-27-28(2)15-20)23(29)11-19-8-9-25-26-13-19/h3-10,12-15H,11,16H2,1-2H3. The molecule has 0 saturated carbocycles. The Morgan fingerprint density at radius 2 is 1.87 bits per heavy atom. The molecule has 2 heterocycles. The Kier molecular flexibility index (Phi) is 5.66. The van der Waals surface area contributed by atoms with E-state index in [0.29, 0.717) is 17.9 Å². The van der Waals surface area contributed by atoms with Crippen molar-refractivity contribution in [1.82, 2.24) is 20.0 Å². The van der Waals surface area contributed by atoms with Crippen molar-refractivity contribution >= 4 is 5.78 Å². The number of aromatic nitrogens is 4. The average Bonchev–Trinajstić information content (AvgIpc) is 3.19. The number of hydrogen-bond donors (Lipinski definition) is 0. The number of rotatable bonds is 7. The van der Waals surface area contributed by atoms with Gasteiger partial charge < -0.3 is 4.74 Å². The highest BCUT2D eigenvalue weighted by Crippen LogP contribution is 2.32. The van der Waals surface area contributed by atoms with Crippen molar-refractivity contribution in [3.05, 3.63) is 95.6 Å². The van der Waals surface area contributed by atoms with Crippen LogP contribution in [-0.2, 0) is 20.1 Å². The molecule has 0 aliphatic heterocycles. The Labute approximate surface area is 175 Å². The van der Waals surface area contributed by atoms with Gasteiger partial charge in [0.2, 0.25) is 0 Å². The van der Waals surface area contributed by atoms with Gasteiger partial charge in [0.05, 0.1) is 18.0 Å². The Morgan fingerprint density at radius 1 is 1.03 bits per heavy atom. The number of ketones is 1. The molecular formula is C24H22N4O2. The second kappa shape index (κ2) is 8.69. The van der Waals surface area contributed by atoms with Gasteiger partial charge in [0.1, 0.15) is 12.4 Å². The number of benzene rings is 2. The van der Waals surface area contributed by atoms with E-state index >= 15 is 0 Å². The summed E-state index contributed by atoms with van der Waals surface area (Å²) < 4.78 is 7.84.